The molecule has 0 aliphatic heterocycles. The quantitative estimate of drug-likeness (QED) is 0.730. The molecule has 2 rings (SSSR count). The van der Waals surface area contributed by atoms with Crippen molar-refractivity contribution in [3.8, 4) is 11.1 Å². The summed E-state index contributed by atoms with van der Waals surface area (Å²) in [5.74, 6) is 0.883. The van der Waals surface area contributed by atoms with E-state index >= 15 is 0 Å². The van der Waals surface area contributed by atoms with Gasteiger partial charge in [0.05, 0.1) is 5.69 Å². The summed E-state index contributed by atoms with van der Waals surface area (Å²) in [7, 11) is 0. The number of hydrogen-bond acceptors (Lipinski definition) is 2. The lowest BCUT2D eigenvalue weighted by molar-refractivity contribution is 0.393. The third kappa shape index (κ3) is 2.26. The molecular weight excluding hydrogens is 210 g/mol. The van der Waals surface area contributed by atoms with Crippen molar-refractivity contribution in [3.05, 3.63) is 41.3 Å². The molecule has 2 heteroatoms. The topological polar surface area (TPSA) is 26.0 Å². The van der Waals surface area contributed by atoms with Crippen molar-refractivity contribution in [1.82, 2.24) is 5.16 Å². The van der Waals surface area contributed by atoms with Crippen molar-refractivity contribution < 1.29 is 4.52 Å². The van der Waals surface area contributed by atoms with E-state index in [0.717, 1.165) is 17.0 Å². The molecule has 0 atom stereocenters. The fraction of sp³-hybridized carbons (Fsp3) is 0.400. The Balaban J connectivity index is 2.55. The molecule has 0 fully saturated rings. The van der Waals surface area contributed by atoms with Gasteiger partial charge in [-0.3, -0.25) is 0 Å². The van der Waals surface area contributed by atoms with Crippen molar-refractivity contribution in [3.63, 3.8) is 0 Å². The lowest BCUT2D eigenvalue weighted by Gasteiger charge is -2.19. The fourth-order valence-corrected chi connectivity index (χ4v) is 2.04. The highest BCUT2D eigenvalue weighted by atomic mass is 16.5. The summed E-state index contributed by atoms with van der Waals surface area (Å²) in [5.41, 5.74) is 4.75. The van der Waals surface area contributed by atoms with E-state index in [2.05, 4.69) is 50.2 Å². The third-order valence-corrected chi connectivity index (χ3v) is 3.05. The van der Waals surface area contributed by atoms with Crippen LogP contribution in [-0.2, 0) is 5.41 Å². The zero-order valence-corrected chi connectivity index (χ0v) is 11.2. The maximum Gasteiger partial charge on any atom is 0.141 e. The molecule has 17 heavy (non-hydrogen) atoms. The minimum atomic E-state index is 0.162. The molecular formula is C15H19NO. The van der Waals surface area contributed by atoms with Crippen LogP contribution in [0.5, 0.6) is 0 Å². The van der Waals surface area contributed by atoms with E-state index in [1.54, 1.807) is 0 Å². The average molecular weight is 229 g/mol. The molecule has 0 radical (unpaired) electrons. The van der Waals surface area contributed by atoms with E-state index in [4.69, 9.17) is 4.52 Å². The number of rotatable bonds is 1. The zero-order chi connectivity index (χ0) is 12.6. The van der Waals surface area contributed by atoms with Crippen LogP contribution in [0.3, 0.4) is 0 Å². The molecule has 2 nitrogen and oxygen atoms in total. The highest BCUT2D eigenvalue weighted by Gasteiger charge is 2.16. The molecule has 0 unspecified atom stereocenters. The molecule has 2 aromatic rings. The maximum absolute atomic E-state index is 5.23. The van der Waals surface area contributed by atoms with Gasteiger partial charge in [-0.2, -0.15) is 0 Å². The molecule has 0 aliphatic rings. The van der Waals surface area contributed by atoms with Crippen molar-refractivity contribution in [2.24, 2.45) is 0 Å². The van der Waals surface area contributed by atoms with E-state index in [1.807, 2.05) is 13.8 Å². The first-order valence-electron chi connectivity index (χ1n) is 5.93. The number of hydrogen-bond donors (Lipinski definition) is 0. The SMILES string of the molecule is Cc1noc(C)c1-c1cccc(C(C)(C)C)c1. The Morgan fingerprint density at radius 1 is 1.12 bits per heavy atom. The zero-order valence-electron chi connectivity index (χ0n) is 11.2. The summed E-state index contributed by atoms with van der Waals surface area (Å²) in [4.78, 5) is 0. The summed E-state index contributed by atoms with van der Waals surface area (Å²) < 4.78 is 5.23. The van der Waals surface area contributed by atoms with E-state index < -0.39 is 0 Å². The van der Waals surface area contributed by atoms with Crippen LogP contribution < -0.4 is 0 Å². The number of benzene rings is 1. The second kappa shape index (κ2) is 4.02. The summed E-state index contributed by atoms with van der Waals surface area (Å²) >= 11 is 0. The summed E-state index contributed by atoms with van der Waals surface area (Å²) in [6.07, 6.45) is 0. The first-order valence-corrected chi connectivity index (χ1v) is 5.93. The molecule has 0 bridgehead atoms. The Bertz CT molecular complexity index is 513. The van der Waals surface area contributed by atoms with Crippen LogP contribution in [0.1, 0.15) is 37.8 Å². The fourth-order valence-electron chi connectivity index (χ4n) is 2.04. The highest BCUT2D eigenvalue weighted by molar-refractivity contribution is 5.68. The molecule has 0 N–H and O–H groups in total. The van der Waals surface area contributed by atoms with E-state index in [0.29, 0.717) is 0 Å². The summed E-state index contributed by atoms with van der Waals surface area (Å²) in [6, 6.07) is 8.61. The third-order valence-electron chi connectivity index (χ3n) is 3.05. The van der Waals surface area contributed by atoms with Crippen LogP contribution in [0.2, 0.25) is 0 Å². The van der Waals surface area contributed by atoms with Gasteiger partial charge < -0.3 is 4.52 Å². The summed E-state index contributed by atoms with van der Waals surface area (Å²) in [5, 5.41) is 4.01. The van der Waals surface area contributed by atoms with Crippen LogP contribution in [0.4, 0.5) is 0 Å². The Hall–Kier alpha value is -1.57. The van der Waals surface area contributed by atoms with Gasteiger partial charge in [0, 0.05) is 5.56 Å². The number of nitrogens with zero attached hydrogens (tertiary/aromatic N) is 1. The molecule has 0 spiro atoms. The molecule has 1 aromatic heterocycles. The molecule has 0 saturated carbocycles. The first kappa shape index (κ1) is 11.9. The van der Waals surface area contributed by atoms with Gasteiger partial charge >= 0.3 is 0 Å². The lowest BCUT2D eigenvalue weighted by atomic mass is 9.85. The number of aromatic nitrogens is 1. The minimum Gasteiger partial charge on any atom is -0.361 e. The second-order valence-corrected chi connectivity index (χ2v) is 5.53. The van der Waals surface area contributed by atoms with E-state index in [-0.39, 0.29) is 5.41 Å². The van der Waals surface area contributed by atoms with Crippen molar-refractivity contribution >= 4 is 0 Å². The molecule has 0 aliphatic carbocycles. The Kier molecular flexibility index (Phi) is 2.82. The molecule has 0 amide bonds. The van der Waals surface area contributed by atoms with Gasteiger partial charge in [-0.25, -0.2) is 0 Å². The predicted octanol–water partition coefficient (Wildman–Crippen LogP) is 4.26. The molecule has 0 saturated heterocycles. The Morgan fingerprint density at radius 3 is 2.35 bits per heavy atom. The van der Waals surface area contributed by atoms with Gasteiger partial charge in [0.15, 0.2) is 0 Å². The molecule has 1 aromatic carbocycles. The largest absolute Gasteiger partial charge is 0.361 e. The first-order chi connectivity index (χ1) is 7.89. The van der Waals surface area contributed by atoms with Crippen molar-refractivity contribution in [2.75, 3.05) is 0 Å². The monoisotopic (exact) mass is 229 g/mol. The van der Waals surface area contributed by atoms with Gasteiger partial charge in [-0.1, -0.05) is 50.2 Å². The van der Waals surface area contributed by atoms with Crippen molar-refractivity contribution in [1.29, 1.82) is 0 Å². The molecule has 90 valence electrons. The smallest absolute Gasteiger partial charge is 0.141 e. The second-order valence-electron chi connectivity index (χ2n) is 5.53. The van der Waals surface area contributed by atoms with Gasteiger partial charge in [-0.15, -0.1) is 0 Å². The predicted molar refractivity (Wildman–Crippen MR) is 70.1 cm³/mol. The Labute approximate surface area is 103 Å². The van der Waals surface area contributed by atoms with Crippen molar-refractivity contribution in [2.45, 2.75) is 40.0 Å². The van der Waals surface area contributed by atoms with Gasteiger partial charge in [0.1, 0.15) is 5.76 Å². The summed E-state index contributed by atoms with van der Waals surface area (Å²) in [6.45, 7) is 10.6. The van der Waals surface area contributed by atoms with Gasteiger partial charge in [0.25, 0.3) is 0 Å². The van der Waals surface area contributed by atoms with Gasteiger partial charge in [0.2, 0.25) is 0 Å². The van der Waals surface area contributed by atoms with Crippen LogP contribution in [0.15, 0.2) is 28.8 Å². The van der Waals surface area contributed by atoms with Crippen LogP contribution in [0.25, 0.3) is 11.1 Å². The normalized spacial score (nSPS) is 11.8. The van der Waals surface area contributed by atoms with Crippen LogP contribution in [-0.4, -0.2) is 5.16 Å². The van der Waals surface area contributed by atoms with Crippen LogP contribution >= 0.6 is 0 Å². The standard InChI is InChI=1S/C15H19NO/c1-10-14(11(2)17-16-10)12-7-6-8-13(9-12)15(3,4)5/h6-9H,1-5H3. The average Bonchev–Trinajstić information content (AvgIpc) is 2.57. The number of aryl methyl sites for hydroxylation is 2. The van der Waals surface area contributed by atoms with Gasteiger partial charge in [-0.05, 0) is 30.4 Å². The Morgan fingerprint density at radius 2 is 1.82 bits per heavy atom. The highest BCUT2D eigenvalue weighted by Crippen LogP contribution is 2.30. The molecule has 1 heterocycles. The lowest BCUT2D eigenvalue weighted by Crippen LogP contribution is -2.10. The van der Waals surface area contributed by atoms with E-state index in [9.17, 15) is 0 Å². The van der Waals surface area contributed by atoms with Crippen LogP contribution in [0, 0.1) is 13.8 Å². The van der Waals surface area contributed by atoms with E-state index in [1.165, 1.54) is 11.1 Å². The maximum atomic E-state index is 5.23. The minimum absolute atomic E-state index is 0.162.